The summed E-state index contributed by atoms with van der Waals surface area (Å²) in [6, 6.07) is 6.66. The van der Waals surface area contributed by atoms with E-state index in [0.717, 1.165) is 11.3 Å². The van der Waals surface area contributed by atoms with E-state index in [4.69, 9.17) is 0 Å². The lowest BCUT2D eigenvalue weighted by molar-refractivity contribution is 0.493. The van der Waals surface area contributed by atoms with Crippen LogP contribution in [0.25, 0.3) is 0 Å². The fraction of sp³-hybridized carbons (Fsp3) is 0.333. The van der Waals surface area contributed by atoms with E-state index in [9.17, 15) is 8.42 Å². The van der Waals surface area contributed by atoms with Crippen molar-refractivity contribution < 1.29 is 8.42 Å². The van der Waals surface area contributed by atoms with Gasteiger partial charge in [0.05, 0.1) is 4.90 Å². The number of nitrogens with one attached hydrogen (secondary N) is 1. The smallest absolute Gasteiger partial charge is 0.243 e. The molecular weight excluding hydrogens is 236 g/mol. The largest absolute Gasteiger partial charge is 0.388 e. The van der Waals surface area contributed by atoms with E-state index in [1.54, 1.807) is 45.3 Å². The summed E-state index contributed by atoms with van der Waals surface area (Å²) in [4.78, 5) is 0.292. The number of likely N-dealkylation sites (N-methyl/N-ethyl adjacent to an activating group) is 1. The molecule has 0 aromatic heterocycles. The molecule has 0 fully saturated rings. The van der Waals surface area contributed by atoms with Gasteiger partial charge in [0, 0.05) is 26.3 Å². The van der Waals surface area contributed by atoms with Crippen LogP contribution in [0.3, 0.4) is 0 Å². The van der Waals surface area contributed by atoms with Gasteiger partial charge in [0.1, 0.15) is 0 Å². The van der Waals surface area contributed by atoms with E-state index in [-0.39, 0.29) is 0 Å². The summed E-state index contributed by atoms with van der Waals surface area (Å²) in [6.45, 7) is 5.84. The molecule has 0 saturated carbocycles. The Morgan fingerprint density at radius 1 is 1.35 bits per heavy atom. The first-order valence-electron chi connectivity index (χ1n) is 5.26. The lowest BCUT2D eigenvalue weighted by Gasteiger charge is -2.17. The predicted molar refractivity (Wildman–Crippen MR) is 70.6 cm³/mol. The second kappa shape index (κ2) is 5.33. The Morgan fingerprint density at radius 3 is 2.29 bits per heavy atom. The van der Waals surface area contributed by atoms with Gasteiger partial charge in [-0.15, -0.1) is 0 Å². The van der Waals surface area contributed by atoms with Gasteiger partial charge in [0.25, 0.3) is 0 Å². The summed E-state index contributed by atoms with van der Waals surface area (Å²) < 4.78 is 25.6. The monoisotopic (exact) mass is 254 g/mol. The zero-order valence-electron chi connectivity index (χ0n) is 10.4. The lowest BCUT2D eigenvalue weighted by atomic mass is 10.3. The minimum absolute atomic E-state index is 0.292. The average molecular weight is 254 g/mol. The molecule has 1 N–H and O–H groups in total. The molecule has 1 aromatic rings. The van der Waals surface area contributed by atoms with Crippen molar-refractivity contribution in [1.82, 2.24) is 4.31 Å². The first kappa shape index (κ1) is 13.7. The first-order valence-corrected chi connectivity index (χ1v) is 6.70. The highest BCUT2D eigenvalue weighted by Gasteiger charge is 2.20. The van der Waals surface area contributed by atoms with Crippen LogP contribution in [0.4, 0.5) is 5.69 Å². The van der Waals surface area contributed by atoms with Crippen LogP contribution in [0, 0.1) is 0 Å². The van der Waals surface area contributed by atoms with Gasteiger partial charge in [0.15, 0.2) is 0 Å². The van der Waals surface area contributed by atoms with Crippen LogP contribution in [0.5, 0.6) is 0 Å². The van der Waals surface area contributed by atoms with Gasteiger partial charge in [-0.3, -0.25) is 0 Å². The van der Waals surface area contributed by atoms with Crippen LogP contribution in [0.1, 0.15) is 6.92 Å². The highest BCUT2D eigenvalue weighted by atomic mass is 32.2. The molecule has 0 radical (unpaired) electrons. The van der Waals surface area contributed by atoms with E-state index in [0.29, 0.717) is 11.4 Å². The summed E-state index contributed by atoms with van der Waals surface area (Å²) in [5, 5.41) is 2.94. The van der Waals surface area contributed by atoms with Gasteiger partial charge in [-0.25, -0.2) is 8.42 Å². The molecule has 94 valence electrons. The van der Waals surface area contributed by atoms with Crippen LogP contribution in [-0.4, -0.2) is 33.4 Å². The Kier molecular flexibility index (Phi) is 4.31. The number of hydrogen-bond acceptors (Lipinski definition) is 3. The molecule has 1 rings (SSSR count). The van der Waals surface area contributed by atoms with E-state index >= 15 is 0 Å². The number of sulfonamides is 1. The van der Waals surface area contributed by atoms with Gasteiger partial charge in [-0.1, -0.05) is 12.2 Å². The van der Waals surface area contributed by atoms with Crippen molar-refractivity contribution in [3.05, 3.63) is 36.4 Å². The highest BCUT2D eigenvalue weighted by Crippen LogP contribution is 2.17. The van der Waals surface area contributed by atoms with E-state index in [1.165, 1.54) is 4.31 Å². The van der Waals surface area contributed by atoms with Crippen molar-refractivity contribution in [2.45, 2.75) is 11.8 Å². The van der Waals surface area contributed by atoms with Crippen molar-refractivity contribution >= 4 is 15.7 Å². The van der Waals surface area contributed by atoms with Crippen LogP contribution >= 0.6 is 0 Å². The number of rotatable bonds is 5. The Hall–Kier alpha value is -1.33. The maximum absolute atomic E-state index is 12.1. The topological polar surface area (TPSA) is 49.4 Å². The highest BCUT2D eigenvalue weighted by molar-refractivity contribution is 7.89. The minimum atomic E-state index is -3.41. The second-order valence-corrected chi connectivity index (χ2v) is 6.04. The fourth-order valence-corrected chi connectivity index (χ4v) is 2.67. The molecular formula is C12H18N2O2S. The third-order valence-corrected chi connectivity index (χ3v) is 4.16. The van der Waals surface area contributed by atoms with Crippen molar-refractivity contribution in [2.24, 2.45) is 0 Å². The van der Waals surface area contributed by atoms with Gasteiger partial charge in [0.2, 0.25) is 10.0 Å². The Labute approximate surface area is 103 Å². The minimum Gasteiger partial charge on any atom is -0.388 e. The molecule has 0 saturated heterocycles. The summed E-state index contributed by atoms with van der Waals surface area (Å²) >= 11 is 0. The summed E-state index contributed by atoms with van der Waals surface area (Å²) in [6.07, 6.45) is 0. The molecule has 0 amide bonds. The van der Waals surface area contributed by atoms with Gasteiger partial charge < -0.3 is 5.32 Å². The quantitative estimate of drug-likeness (QED) is 0.817. The zero-order valence-corrected chi connectivity index (χ0v) is 11.2. The molecule has 0 aliphatic heterocycles. The average Bonchev–Trinajstić information content (AvgIpc) is 2.28. The molecule has 0 heterocycles. The van der Waals surface area contributed by atoms with Gasteiger partial charge in [-0.2, -0.15) is 4.31 Å². The van der Waals surface area contributed by atoms with Gasteiger partial charge in [-0.05, 0) is 31.2 Å². The number of benzene rings is 1. The van der Waals surface area contributed by atoms with Crippen molar-refractivity contribution in [2.75, 3.05) is 26.0 Å². The maximum Gasteiger partial charge on any atom is 0.243 e. The normalized spacial score (nSPS) is 11.5. The molecule has 5 heteroatoms. The molecule has 0 bridgehead atoms. The molecule has 0 atom stereocenters. The van der Waals surface area contributed by atoms with Crippen LogP contribution in [0.15, 0.2) is 41.3 Å². The Balaban J connectivity index is 3.00. The predicted octanol–water partition coefficient (Wildman–Crippen LogP) is 1.92. The molecule has 0 aliphatic carbocycles. The summed E-state index contributed by atoms with van der Waals surface area (Å²) in [7, 11) is -0.0743. The van der Waals surface area contributed by atoms with Crippen molar-refractivity contribution in [3.8, 4) is 0 Å². The molecule has 0 spiro atoms. The number of hydrogen-bond donors (Lipinski definition) is 1. The van der Waals surface area contributed by atoms with Crippen molar-refractivity contribution in [1.29, 1.82) is 0 Å². The Bertz CT molecular complexity index is 492. The van der Waals surface area contributed by atoms with Crippen molar-refractivity contribution in [3.63, 3.8) is 0 Å². The molecule has 1 aromatic carbocycles. The standard InChI is InChI=1S/C12H18N2O2S/c1-10(2)9-14(4)17(15,16)12-7-5-11(13-3)6-8-12/h5-8,13H,1,9H2,2-4H3. The SMILES string of the molecule is C=C(C)CN(C)S(=O)(=O)c1ccc(NC)cc1. The first-order chi connectivity index (χ1) is 7.87. The summed E-state index contributed by atoms with van der Waals surface area (Å²) in [5.74, 6) is 0. The third kappa shape index (κ3) is 3.31. The zero-order chi connectivity index (χ0) is 13.1. The lowest BCUT2D eigenvalue weighted by Crippen LogP contribution is -2.28. The van der Waals surface area contributed by atoms with E-state index < -0.39 is 10.0 Å². The van der Waals surface area contributed by atoms with E-state index in [1.807, 2.05) is 0 Å². The van der Waals surface area contributed by atoms with Crippen LogP contribution in [-0.2, 0) is 10.0 Å². The maximum atomic E-state index is 12.1. The third-order valence-electron chi connectivity index (χ3n) is 2.34. The van der Waals surface area contributed by atoms with E-state index in [2.05, 4.69) is 11.9 Å². The number of nitrogens with zero attached hydrogens (tertiary/aromatic N) is 1. The molecule has 0 unspecified atom stereocenters. The molecule has 0 aliphatic rings. The van der Waals surface area contributed by atoms with Crippen LogP contribution < -0.4 is 5.32 Å². The molecule has 4 nitrogen and oxygen atoms in total. The number of anilines is 1. The Morgan fingerprint density at radius 2 is 1.88 bits per heavy atom. The second-order valence-electron chi connectivity index (χ2n) is 3.99. The fourth-order valence-electron chi connectivity index (χ4n) is 1.44. The van der Waals surface area contributed by atoms with Gasteiger partial charge >= 0.3 is 0 Å². The van der Waals surface area contributed by atoms with Crippen LogP contribution in [0.2, 0.25) is 0 Å². The summed E-state index contributed by atoms with van der Waals surface area (Å²) in [5.41, 5.74) is 1.69. The molecule has 17 heavy (non-hydrogen) atoms.